The first kappa shape index (κ1) is 8.82. The summed E-state index contributed by atoms with van der Waals surface area (Å²) < 4.78 is 2.31. The monoisotopic (exact) mass is 178 g/mol. The molecule has 0 amide bonds. The fourth-order valence-corrected chi connectivity index (χ4v) is 1.78. The zero-order valence-corrected chi connectivity index (χ0v) is 8.70. The van der Waals surface area contributed by atoms with E-state index in [9.17, 15) is 0 Å². The van der Waals surface area contributed by atoms with Gasteiger partial charge < -0.3 is 4.57 Å². The molecule has 2 heteroatoms. The summed E-state index contributed by atoms with van der Waals surface area (Å²) in [6, 6.07) is 4.90. The Balaban J connectivity index is 1.93. The second kappa shape index (κ2) is 2.88. The molecule has 1 saturated heterocycles. The molecule has 1 aliphatic rings. The topological polar surface area (TPSA) is 8.17 Å². The molecule has 72 valence electrons. The zero-order chi connectivity index (χ0) is 9.47. The molecular weight excluding hydrogens is 160 g/mol. The molecule has 1 aromatic heterocycles. The first-order valence-electron chi connectivity index (χ1n) is 4.95. The minimum absolute atomic E-state index is 0.337. The van der Waals surface area contributed by atoms with E-state index in [1.165, 1.54) is 13.1 Å². The molecule has 2 heterocycles. The second-order valence-corrected chi connectivity index (χ2v) is 4.86. The molecule has 1 aromatic rings. The van der Waals surface area contributed by atoms with Crippen molar-refractivity contribution in [3.8, 4) is 0 Å². The molecule has 2 nitrogen and oxygen atoms in total. The predicted octanol–water partition coefficient (Wildman–Crippen LogP) is 2.14. The Bertz CT molecular complexity index is 263. The van der Waals surface area contributed by atoms with Gasteiger partial charge in [0.05, 0.1) is 6.04 Å². The lowest BCUT2D eigenvalue weighted by atomic mass is 9.97. The molecule has 13 heavy (non-hydrogen) atoms. The summed E-state index contributed by atoms with van der Waals surface area (Å²) in [4.78, 5) is 2.51. The zero-order valence-electron chi connectivity index (χ0n) is 8.70. The van der Waals surface area contributed by atoms with Crippen molar-refractivity contribution in [3.63, 3.8) is 0 Å². The molecule has 0 aliphatic carbocycles. The van der Waals surface area contributed by atoms with Crippen molar-refractivity contribution in [3.05, 3.63) is 24.5 Å². The third-order valence-corrected chi connectivity index (χ3v) is 2.86. The van der Waals surface area contributed by atoms with E-state index in [1.54, 1.807) is 0 Å². The van der Waals surface area contributed by atoms with E-state index in [-0.39, 0.29) is 0 Å². The Morgan fingerprint density at radius 1 is 1.08 bits per heavy atom. The van der Waals surface area contributed by atoms with Crippen LogP contribution < -0.4 is 0 Å². The molecule has 1 fully saturated rings. The highest BCUT2D eigenvalue weighted by molar-refractivity contribution is 4.99. The van der Waals surface area contributed by atoms with Gasteiger partial charge in [0.25, 0.3) is 0 Å². The van der Waals surface area contributed by atoms with Crippen LogP contribution in [0.3, 0.4) is 0 Å². The first-order chi connectivity index (χ1) is 6.07. The van der Waals surface area contributed by atoms with Crippen molar-refractivity contribution in [1.82, 2.24) is 9.47 Å². The minimum Gasteiger partial charge on any atom is -0.349 e. The van der Waals surface area contributed by atoms with Crippen LogP contribution in [0, 0.1) is 0 Å². The van der Waals surface area contributed by atoms with E-state index in [4.69, 9.17) is 0 Å². The van der Waals surface area contributed by atoms with Gasteiger partial charge in [-0.1, -0.05) is 0 Å². The molecule has 0 spiro atoms. The maximum Gasteiger partial charge on any atom is 0.0585 e. The van der Waals surface area contributed by atoms with Crippen LogP contribution in [0.2, 0.25) is 0 Å². The summed E-state index contributed by atoms with van der Waals surface area (Å²) in [6.45, 7) is 9.22. The average molecular weight is 178 g/mol. The Kier molecular flexibility index (Phi) is 1.95. The SMILES string of the molecule is CC(C)(C)N1CC(n2cccc2)C1. The lowest BCUT2D eigenvalue weighted by Gasteiger charge is -2.48. The highest BCUT2D eigenvalue weighted by Crippen LogP contribution is 2.28. The minimum atomic E-state index is 0.337. The second-order valence-electron chi connectivity index (χ2n) is 4.86. The van der Waals surface area contributed by atoms with Crippen LogP contribution >= 0.6 is 0 Å². The van der Waals surface area contributed by atoms with Crippen molar-refractivity contribution < 1.29 is 0 Å². The fourth-order valence-electron chi connectivity index (χ4n) is 1.78. The van der Waals surface area contributed by atoms with Gasteiger partial charge in [-0.2, -0.15) is 0 Å². The molecule has 0 aromatic carbocycles. The summed E-state index contributed by atoms with van der Waals surface area (Å²) in [6.07, 6.45) is 4.31. The van der Waals surface area contributed by atoms with Gasteiger partial charge in [-0.15, -0.1) is 0 Å². The first-order valence-corrected chi connectivity index (χ1v) is 4.95. The van der Waals surface area contributed by atoms with Gasteiger partial charge in [0.15, 0.2) is 0 Å². The Morgan fingerprint density at radius 3 is 2.08 bits per heavy atom. The van der Waals surface area contributed by atoms with Crippen molar-refractivity contribution in [1.29, 1.82) is 0 Å². The molecular formula is C11H18N2. The van der Waals surface area contributed by atoms with E-state index >= 15 is 0 Å². The van der Waals surface area contributed by atoms with Gasteiger partial charge in [-0.05, 0) is 32.9 Å². The van der Waals surface area contributed by atoms with E-state index in [0.29, 0.717) is 11.6 Å². The summed E-state index contributed by atoms with van der Waals surface area (Å²) in [7, 11) is 0. The van der Waals surface area contributed by atoms with E-state index in [1.807, 2.05) is 0 Å². The van der Waals surface area contributed by atoms with Gasteiger partial charge in [-0.25, -0.2) is 0 Å². The molecule has 0 atom stereocenters. The number of hydrogen-bond acceptors (Lipinski definition) is 1. The highest BCUT2D eigenvalue weighted by atomic mass is 15.3. The normalized spacial score (nSPS) is 20.2. The van der Waals surface area contributed by atoms with Crippen molar-refractivity contribution in [2.24, 2.45) is 0 Å². The van der Waals surface area contributed by atoms with Crippen LogP contribution in [0.4, 0.5) is 0 Å². The number of likely N-dealkylation sites (tertiary alicyclic amines) is 1. The van der Waals surface area contributed by atoms with Gasteiger partial charge in [0, 0.05) is 31.0 Å². The standard InChI is InChI=1S/C11H18N2/c1-11(2,3)13-8-10(9-13)12-6-4-5-7-12/h4-7,10H,8-9H2,1-3H3. The van der Waals surface area contributed by atoms with Crippen molar-refractivity contribution in [2.45, 2.75) is 32.4 Å². The van der Waals surface area contributed by atoms with Gasteiger partial charge >= 0.3 is 0 Å². The maximum atomic E-state index is 2.51. The molecule has 0 N–H and O–H groups in total. The van der Waals surface area contributed by atoms with Crippen molar-refractivity contribution in [2.75, 3.05) is 13.1 Å². The third-order valence-electron chi connectivity index (χ3n) is 2.86. The summed E-state index contributed by atoms with van der Waals surface area (Å²) in [5.41, 5.74) is 0.337. The van der Waals surface area contributed by atoms with Gasteiger partial charge in [-0.3, -0.25) is 4.90 Å². The average Bonchev–Trinajstić information content (AvgIpc) is 2.31. The molecule has 0 saturated carbocycles. The largest absolute Gasteiger partial charge is 0.349 e. The molecule has 0 unspecified atom stereocenters. The lowest BCUT2D eigenvalue weighted by molar-refractivity contribution is 0.0205. The van der Waals surface area contributed by atoms with Gasteiger partial charge in [0.2, 0.25) is 0 Å². The Labute approximate surface area is 80.2 Å². The Morgan fingerprint density at radius 2 is 1.62 bits per heavy atom. The third kappa shape index (κ3) is 1.63. The van der Waals surface area contributed by atoms with Crippen molar-refractivity contribution >= 4 is 0 Å². The van der Waals surface area contributed by atoms with Crippen LogP contribution in [0.5, 0.6) is 0 Å². The summed E-state index contributed by atoms with van der Waals surface area (Å²) >= 11 is 0. The number of aromatic nitrogens is 1. The number of hydrogen-bond donors (Lipinski definition) is 0. The smallest absolute Gasteiger partial charge is 0.0585 e. The fraction of sp³-hybridized carbons (Fsp3) is 0.636. The van der Waals surface area contributed by atoms with E-state index in [2.05, 4.69) is 54.8 Å². The maximum absolute atomic E-state index is 2.51. The number of rotatable bonds is 1. The number of nitrogens with zero attached hydrogens (tertiary/aromatic N) is 2. The molecule has 2 rings (SSSR count). The predicted molar refractivity (Wildman–Crippen MR) is 54.8 cm³/mol. The molecule has 0 bridgehead atoms. The van der Waals surface area contributed by atoms with Gasteiger partial charge in [0.1, 0.15) is 0 Å². The van der Waals surface area contributed by atoms with Crippen LogP contribution in [0.1, 0.15) is 26.8 Å². The Hall–Kier alpha value is -0.760. The van der Waals surface area contributed by atoms with Crippen LogP contribution in [-0.4, -0.2) is 28.1 Å². The van der Waals surface area contributed by atoms with Crippen LogP contribution in [0.15, 0.2) is 24.5 Å². The van der Waals surface area contributed by atoms with Crippen LogP contribution in [-0.2, 0) is 0 Å². The molecule has 1 aliphatic heterocycles. The lowest BCUT2D eigenvalue weighted by Crippen LogP contribution is -2.56. The van der Waals surface area contributed by atoms with E-state index in [0.717, 1.165) is 0 Å². The van der Waals surface area contributed by atoms with E-state index < -0.39 is 0 Å². The quantitative estimate of drug-likeness (QED) is 0.639. The molecule has 0 radical (unpaired) electrons. The highest BCUT2D eigenvalue weighted by Gasteiger charge is 2.34. The summed E-state index contributed by atoms with van der Waals surface area (Å²) in [5, 5.41) is 0. The summed E-state index contributed by atoms with van der Waals surface area (Å²) in [5.74, 6) is 0. The van der Waals surface area contributed by atoms with Crippen LogP contribution in [0.25, 0.3) is 0 Å².